The van der Waals surface area contributed by atoms with Crippen LogP contribution in [0.3, 0.4) is 0 Å². The highest BCUT2D eigenvalue weighted by molar-refractivity contribution is 5.97. The lowest BCUT2D eigenvalue weighted by Gasteiger charge is -2.28. The minimum Gasteiger partial charge on any atom is -0.456 e. The summed E-state index contributed by atoms with van der Waals surface area (Å²) in [7, 11) is 0. The first-order valence-corrected chi connectivity index (χ1v) is 18.1. The predicted molar refractivity (Wildman–Crippen MR) is 233 cm³/mol. The largest absolute Gasteiger partial charge is 0.456 e. The van der Waals surface area contributed by atoms with Gasteiger partial charge in [-0.1, -0.05) is 147 Å². The van der Waals surface area contributed by atoms with Crippen molar-refractivity contribution in [1.29, 1.82) is 5.41 Å². The van der Waals surface area contributed by atoms with Gasteiger partial charge in [-0.05, 0) is 91.8 Å². The highest BCUT2D eigenvalue weighted by atomic mass is 16.5. The van der Waals surface area contributed by atoms with E-state index in [0.717, 1.165) is 52.4 Å². The molecule has 2 aliphatic heterocycles. The Hall–Kier alpha value is -6.43. The fourth-order valence-electron chi connectivity index (χ4n) is 5.92. The third kappa shape index (κ3) is 10.8. The van der Waals surface area contributed by atoms with Crippen LogP contribution in [0.4, 0.5) is 11.4 Å². The maximum Gasteiger partial charge on any atom is 0.137 e. The zero-order valence-corrected chi connectivity index (χ0v) is 31.8. The van der Waals surface area contributed by atoms with E-state index in [2.05, 4.69) is 135 Å². The molecule has 0 aromatic heterocycles. The number of anilines is 2. The van der Waals surface area contributed by atoms with E-state index in [9.17, 15) is 0 Å². The first-order valence-electron chi connectivity index (χ1n) is 18.1. The van der Waals surface area contributed by atoms with Crippen LogP contribution in [0.25, 0.3) is 16.7 Å². The number of nitrogens with two attached hydrogens (primary N) is 2. The lowest BCUT2D eigenvalue weighted by Crippen LogP contribution is -2.14. The Morgan fingerprint density at radius 1 is 0.889 bits per heavy atom. The van der Waals surface area contributed by atoms with Gasteiger partial charge in [0.1, 0.15) is 17.3 Å². The number of hydrogen-bond donors (Lipinski definition) is 3. The summed E-state index contributed by atoms with van der Waals surface area (Å²) in [5, 5.41) is 7.03. The number of fused-ring (bicyclic) bond motifs is 2. The molecule has 274 valence electrons. The van der Waals surface area contributed by atoms with Crippen LogP contribution in [0.15, 0.2) is 200 Å². The number of rotatable bonds is 8. The van der Waals surface area contributed by atoms with Gasteiger partial charge >= 0.3 is 0 Å². The normalized spacial score (nSPS) is 14.4. The van der Waals surface area contributed by atoms with Crippen molar-refractivity contribution in [3.05, 3.63) is 217 Å². The molecular weight excluding hydrogens is 661 g/mol. The van der Waals surface area contributed by atoms with Crippen molar-refractivity contribution in [2.24, 2.45) is 11.5 Å². The molecule has 0 amide bonds. The Labute approximate surface area is 322 Å². The van der Waals surface area contributed by atoms with E-state index in [4.69, 9.17) is 21.6 Å². The monoisotopic (exact) mass is 712 g/mol. The van der Waals surface area contributed by atoms with Crippen molar-refractivity contribution in [3.63, 3.8) is 0 Å². The summed E-state index contributed by atoms with van der Waals surface area (Å²) in [6, 6.07) is 34.1. The molecule has 0 saturated heterocycles. The van der Waals surface area contributed by atoms with E-state index < -0.39 is 0 Å². The Morgan fingerprint density at radius 3 is 2.30 bits per heavy atom. The van der Waals surface area contributed by atoms with Crippen molar-refractivity contribution in [2.75, 3.05) is 11.4 Å². The fourth-order valence-corrected chi connectivity index (χ4v) is 5.92. The van der Waals surface area contributed by atoms with Crippen LogP contribution in [0.1, 0.15) is 37.0 Å². The SMILES string of the molecule is C=C/C(=C\C=C/C)C(=N)N.C=C/C=C\C(=C/C)CN.C=C1C2=C(/C=C\N(c3cccc(-c4cccc(C)c4)c3)c3ccccc31)CCc1ccccc1O2. The maximum atomic E-state index is 7.03. The van der Waals surface area contributed by atoms with Crippen LogP contribution in [0.2, 0.25) is 0 Å². The number of benzene rings is 4. The molecule has 2 aliphatic rings. The molecule has 6 rings (SSSR count). The van der Waals surface area contributed by atoms with Gasteiger partial charge in [-0.15, -0.1) is 0 Å². The highest BCUT2D eigenvalue weighted by Crippen LogP contribution is 2.42. The molecule has 5 nitrogen and oxygen atoms in total. The molecule has 54 heavy (non-hydrogen) atoms. The van der Waals surface area contributed by atoms with Crippen LogP contribution < -0.4 is 21.1 Å². The third-order valence-electron chi connectivity index (χ3n) is 8.86. The lowest BCUT2D eigenvalue weighted by molar-refractivity contribution is 0.445. The average molecular weight is 713 g/mol. The number of ether oxygens (including phenoxy) is 1. The first-order chi connectivity index (χ1) is 26.2. The molecule has 4 aromatic carbocycles. The van der Waals surface area contributed by atoms with Gasteiger partial charge in [0.15, 0.2) is 0 Å². The number of hydrogen-bond acceptors (Lipinski definition) is 4. The summed E-state index contributed by atoms with van der Waals surface area (Å²) < 4.78 is 6.50. The number of para-hydroxylation sites is 2. The van der Waals surface area contributed by atoms with Crippen molar-refractivity contribution >= 4 is 22.8 Å². The molecule has 0 unspecified atom stereocenters. The smallest absolute Gasteiger partial charge is 0.137 e. The number of nitrogens with one attached hydrogen (secondary N) is 1. The van der Waals surface area contributed by atoms with Crippen LogP contribution >= 0.6 is 0 Å². The number of nitrogens with zero attached hydrogens (tertiary/aromatic N) is 1. The third-order valence-corrected chi connectivity index (χ3v) is 8.86. The van der Waals surface area contributed by atoms with E-state index in [-0.39, 0.29) is 5.84 Å². The van der Waals surface area contributed by atoms with Gasteiger partial charge in [-0.3, -0.25) is 5.41 Å². The second-order valence-corrected chi connectivity index (χ2v) is 12.6. The van der Waals surface area contributed by atoms with Crippen molar-refractivity contribution in [1.82, 2.24) is 0 Å². The van der Waals surface area contributed by atoms with Gasteiger partial charge in [0.25, 0.3) is 0 Å². The Bertz CT molecular complexity index is 2160. The summed E-state index contributed by atoms with van der Waals surface area (Å²) in [5.74, 6) is 1.84. The molecule has 5 heteroatoms. The average Bonchev–Trinajstić information content (AvgIpc) is 3.38. The van der Waals surface area contributed by atoms with E-state index >= 15 is 0 Å². The van der Waals surface area contributed by atoms with E-state index in [1.165, 1.54) is 27.8 Å². The van der Waals surface area contributed by atoms with Crippen molar-refractivity contribution in [3.8, 4) is 16.9 Å². The Morgan fingerprint density at radius 2 is 1.61 bits per heavy atom. The van der Waals surface area contributed by atoms with Crippen LogP contribution in [0, 0.1) is 12.3 Å². The zero-order chi connectivity index (χ0) is 38.9. The van der Waals surface area contributed by atoms with Crippen LogP contribution in [-0.2, 0) is 6.42 Å². The summed E-state index contributed by atoms with van der Waals surface area (Å²) in [5.41, 5.74) is 22.6. The van der Waals surface area contributed by atoms with Gasteiger partial charge in [0.05, 0.1) is 5.69 Å². The molecule has 0 bridgehead atoms. The van der Waals surface area contributed by atoms with Gasteiger partial charge in [0, 0.05) is 35.1 Å². The topological polar surface area (TPSA) is 88.4 Å². The van der Waals surface area contributed by atoms with Gasteiger partial charge in [-0.2, -0.15) is 0 Å². The zero-order valence-electron chi connectivity index (χ0n) is 31.8. The predicted octanol–water partition coefficient (Wildman–Crippen LogP) is 11.9. The molecule has 4 aromatic rings. The molecule has 0 spiro atoms. The molecule has 0 atom stereocenters. The van der Waals surface area contributed by atoms with Crippen LogP contribution in [0.5, 0.6) is 5.75 Å². The number of allylic oxidation sites excluding steroid dienone is 9. The molecular formula is C49H52N4O. The highest BCUT2D eigenvalue weighted by Gasteiger charge is 2.24. The Balaban J connectivity index is 0.000000284. The Kier molecular flexibility index (Phi) is 15.4. The minimum atomic E-state index is 0.0492. The second kappa shape index (κ2) is 20.6. The summed E-state index contributed by atoms with van der Waals surface area (Å²) in [4.78, 5) is 2.27. The quantitative estimate of drug-likeness (QED) is 0.0964. The molecule has 0 radical (unpaired) electrons. The second-order valence-electron chi connectivity index (χ2n) is 12.6. The first kappa shape index (κ1) is 40.3. The van der Waals surface area contributed by atoms with Gasteiger partial charge in [-0.25, -0.2) is 0 Å². The summed E-state index contributed by atoms with van der Waals surface area (Å²) in [6.45, 7) is 18.2. The minimum absolute atomic E-state index is 0.0492. The molecule has 0 aliphatic carbocycles. The fraction of sp³-hybridized carbons (Fsp3) is 0.122. The van der Waals surface area contributed by atoms with Crippen molar-refractivity contribution < 1.29 is 4.74 Å². The maximum absolute atomic E-state index is 7.03. The van der Waals surface area contributed by atoms with E-state index in [1.807, 2.05) is 50.3 Å². The molecule has 0 fully saturated rings. The number of amidine groups is 1. The number of aryl methyl sites for hydroxylation is 2. The molecule has 2 heterocycles. The van der Waals surface area contributed by atoms with Crippen LogP contribution in [-0.4, -0.2) is 12.4 Å². The molecule has 0 saturated carbocycles. The van der Waals surface area contributed by atoms with Gasteiger partial charge < -0.3 is 21.1 Å². The van der Waals surface area contributed by atoms with Crippen molar-refractivity contribution in [2.45, 2.75) is 33.6 Å². The summed E-state index contributed by atoms with van der Waals surface area (Å²) in [6.07, 6.45) is 20.8. The molecule has 5 N–H and O–H groups in total. The van der Waals surface area contributed by atoms with E-state index in [0.29, 0.717) is 12.1 Å². The van der Waals surface area contributed by atoms with E-state index in [1.54, 1.807) is 18.2 Å². The van der Waals surface area contributed by atoms with Gasteiger partial charge in [0.2, 0.25) is 0 Å². The summed E-state index contributed by atoms with van der Waals surface area (Å²) >= 11 is 0. The standard InChI is InChI=1S/C33H27NO.C8H12N2.C8H13N/c1-23-9-7-11-27(21-23)28-12-8-13-29(22-28)34-20-19-26-18-17-25-10-3-6-16-32(25)35-33(26)24(2)30-14-4-5-15-31(30)34;1-3-5-6-7(4-2)8(9)10;1-3-5-6-8(4-2)7-9/h3-16,19-22H,2,17-18H2,1H3;3-6H,2H2,1H3,(H3,9,10);3-6H,1,7,9H2,2H3/b20-19-;5-3-,7-6+;6-5-,8-4+. The lowest BCUT2D eigenvalue weighted by atomic mass is 9.95.